The van der Waals surface area contributed by atoms with Crippen molar-refractivity contribution in [3.63, 3.8) is 0 Å². The predicted molar refractivity (Wildman–Crippen MR) is 104 cm³/mol. The summed E-state index contributed by atoms with van der Waals surface area (Å²) in [5, 5.41) is 2.59. The van der Waals surface area contributed by atoms with Gasteiger partial charge in [-0.2, -0.15) is 4.58 Å². The van der Waals surface area contributed by atoms with E-state index in [4.69, 9.17) is 9.78 Å². The van der Waals surface area contributed by atoms with Crippen molar-refractivity contribution in [2.45, 2.75) is 39.5 Å². The minimum atomic E-state index is 0.613. The highest BCUT2D eigenvalue weighted by Crippen LogP contribution is 2.38. The van der Waals surface area contributed by atoms with Gasteiger partial charge in [0.1, 0.15) is 6.54 Å². The predicted octanol–water partition coefficient (Wildman–Crippen LogP) is 5.50. The lowest BCUT2D eigenvalue weighted by molar-refractivity contribution is -0.437. The standard InChI is InChI=1S/C22H28NO2/c1-4-24-25-16-10-6-5-9-15-23-18(3)17(2)22-20-12-8-7-11-19(20)13-14-21(22)23/h7-8,11-14H,2,4-6,9-10,15-16H2,1,3H3/q+1. The Bertz CT molecular complexity index is 792. The molecule has 132 valence electrons. The fourth-order valence-corrected chi connectivity index (χ4v) is 3.54. The van der Waals surface area contributed by atoms with Crippen LogP contribution in [0.15, 0.2) is 43.0 Å². The van der Waals surface area contributed by atoms with E-state index in [-0.39, 0.29) is 0 Å². The quantitative estimate of drug-likeness (QED) is 0.260. The molecule has 1 aliphatic heterocycles. The Morgan fingerprint density at radius 1 is 0.960 bits per heavy atom. The van der Waals surface area contributed by atoms with Crippen LogP contribution in [0.25, 0.3) is 16.3 Å². The molecule has 3 heteroatoms. The van der Waals surface area contributed by atoms with E-state index in [0.717, 1.165) is 18.5 Å². The van der Waals surface area contributed by atoms with Crippen molar-refractivity contribution in [1.82, 2.24) is 0 Å². The van der Waals surface area contributed by atoms with Crippen molar-refractivity contribution in [2.75, 3.05) is 19.8 Å². The SMILES string of the molecule is C=C1C(C)=[N+](CCCCCCOOCC)c2ccc3ccccc3c21. The fourth-order valence-electron chi connectivity index (χ4n) is 3.54. The van der Waals surface area contributed by atoms with E-state index in [1.165, 1.54) is 47.0 Å². The summed E-state index contributed by atoms with van der Waals surface area (Å²) in [6.45, 7) is 10.8. The summed E-state index contributed by atoms with van der Waals surface area (Å²) in [5.41, 5.74) is 5.06. The van der Waals surface area contributed by atoms with Crippen LogP contribution in [0, 0.1) is 0 Å². The Balaban J connectivity index is 1.62. The Hall–Kier alpha value is -1.97. The van der Waals surface area contributed by atoms with Crippen LogP contribution < -0.4 is 0 Å². The van der Waals surface area contributed by atoms with E-state index in [0.29, 0.717) is 13.2 Å². The molecule has 3 nitrogen and oxygen atoms in total. The Kier molecular flexibility index (Phi) is 6.00. The number of nitrogens with zero attached hydrogens (tertiary/aromatic N) is 1. The fraction of sp³-hybridized carbons (Fsp3) is 0.409. The first-order valence-corrected chi connectivity index (χ1v) is 9.31. The first-order chi connectivity index (χ1) is 12.2. The molecule has 0 fully saturated rings. The highest BCUT2D eigenvalue weighted by atomic mass is 17.2. The summed E-state index contributed by atoms with van der Waals surface area (Å²) in [6.07, 6.45) is 4.60. The van der Waals surface area contributed by atoms with Gasteiger partial charge in [-0.25, -0.2) is 9.78 Å². The van der Waals surface area contributed by atoms with Crippen molar-refractivity contribution in [2.24, 2.45) is 0 Å². The minimum Gasteiger partial charge on any atom is -0.237 e. The molecule has 0 bridgehead atoms. The van der Waals surface area contributed by atoms with Gasteiger partial charge < -0.3 is 0 Å². The first-order valence-electron chi connectivity index (χ1n) is 9.31. The summed E-state index contributed by atoms with van der Waals surface area (Å²) in [5.74, 6) is 0. The lowest BCUT2D eigenvalue weighted by atomic mass is 9.98. The molecule has 0 radical (unpaired) electrons. The van der Waals surface area contributed by atoms with Gasteiger partial charge in [0.2, 0.25) is 5.69 Å². The van der Waals surface area contributed by atoms with Crippen LogP contribution in [0.3, 0.4) is 0 Å². The van der Waals surface area contributed by atoms with E-state index in [9.17, 15) is 0 Å². The average Bonchev–Trinajstić information content (AvgIpc) is 2.89. The number of benzene rings is 2. The number of hydrogen-bond acceptors (Lipinski definition) is 2. The maximum Gasteiger partial charge on any atom is 0.214 e. The zero-order valence-corrected chi connectivity index (χ0v) is 15.4. The van der Waals surface area contributed by atoms with Gasteiger partial charge in [-0.3, -0.25) is 0 Å². The molecule has 0 N–H and O–H groups in total. The van der Waals surface area contributed by atoms with Gasteiger partial charge in [0.25, 0.3) is 0 Å². The van der Waals surface area contributed by atoms with Crippen molar-refractivity contribution in [3.8, 4) is 0 Å². The number of fused-ring (bicyclic) bond motifs is 3. The van der Waals surface area contributed by atoms with Crippen LogP contribution in [-0.4, -0.2) is 30.0 Å². The van der Waals surface area contributed by atoms with Gasteiger partial charge >= 0.3 is 0 Å². The number of rotatable bonds is 9. The smallest absolute Gasteiger partial charge is 0.214 e. The second kappa shape index (κ2) is 8.41. The van der Waals surface area contributed by atoms with Crippen LogP contribution in [0.5, 0.6) is 0 Å². The molecule has 0 saturated carbocycles. The maximum absolute atomic E-state index is 5.06. The van der Waals surface area contributed by atoms with E-state index < -0.39 is 0 Å². The van der Waals surface area contributed by atoms with E-state index >= 15 is 0 Å². The average molecular weight is 338 g/mol. The monoisotopic (exact) mass is 338 g/mol. The molecule has 1 aliphatic rings. The molecular formula is C22H28NO2+. The Labute approximate surface area is 150 Å². The topological polar surface area (TPSA) is 21.5 Å². The van der Waals surface area contributed by atoms with Crippen molar-refractivity contribution < 1.29 is 14.4 Å². The first kappa shape index (κ1) is 17.8. The number of allylic oxidation sites excluding steroid dienone is 1. The molecule has 3 rings (SSSR count). The molecule has 0 aromatic heterocycles. The van der Waals surface area contributed by atoms with Gasteiger partial charge in [0.15, 0.2) is 5.71 Å². The summed E-state index contributed by atoms with van der Waals surface area (Å²) in [4.78, 5) is 9.96. The highest BCUT2D eigenvalue weighted by molar-refractivity contribution is 6.26. The number of hydrogen-bond donors (Lipinski definition) is 0. The van der Waals surface area contributed by atoms with Crippen molar-refractivity contribution in [3.05, 3.63) is 48.5 Å². The molecule has 0 amide bonds. The molecular weight excluding hydrogens is 310 g/mol. The third-order valence-electron chi connectivity index (χ3n) is 4.90. The van der Waals surface area contributed by atoms with Gasteiger partial charge in [0, 0.05) is 25.0 Å². The number of unbranched alkanes of at least 4 members (excludes halogenated alkanes) is 3. The summed E-state index contributed by atoms with van der Waals surface area (Å²) >= 11 is 0. The largest absolute Gasteiger partial charge is 0.237 e. The lowest BCUT2D eigenvalue weighted by Crippen LogP contribution is -2.11. The second-order valence-corrected chi connectivity index (χ2v) is 6.54. The van der Waals surface area contributed by atoms with Gasteiger partial charge in [-0.15, -0.1) is 0 Å². The molecule has 2 aromatic carbocycles. The zero-order valence-electron chi connectivity index (χ0n) is 15.4. The van der Waals surface area contributed by atoms with Crippen LogP contribution in [0.1, 0.15) is 45.1 Å². The van der Waals surface area contributed by atoms with Crippen LogP contribution in [0.2, 0.25) is 0 Å². The van der Waals surface area contributed by atoms with E-state index in [1.807, 2.05) is 6.92 Å². The van der Waals surface area contributed by atoms with Gasteiger partial charge in [0.05, 0.1) is 18.8 Å². The minimum absolute atomic E-state index is 0.613. The van der Waals surface area contributed by atoms with Crippen LogP contribution >= 0.6 is 0 Å². The molecule has 0 spiro atoms. The molecule has 0 atom stereocenters. The summed E-state index contributed by atoms with van der Waals surface area (Å²) in [7, 11) is 0. The zero-order chi connectivity index (χ0) is 17.6. The molecule has 25 heavy (non-hydrogen) atoms. The third kappa shape index (κ3) is 3.83. The summed E-state index contributed by atoms with van der Waals surface area (Å²) < 4.78 is 2.43. The van der Waals surface area contributed by atoms with E-state index in [2.05, 4.69) is 54.5 Å². The van der Waals surface area contributed by atoms with Crippen molar-refractivity contribution >= 4 is 27.7 Å². The van der Waals surface area contributed by atoms with E-state index in [1.54, 1.807) is 0 Å². The highest BCUT2D eigenvalue weighted by Gasteiger charge is 2.31. The normalized spacial score (nSPS) is 13.8. The maximum atomic E-state index is 5.06. The van der Waals surface area contributed by atoms with Crippen molar-refractivity contribution in [1.29, 1.82) is 0 Å². The van der Waals surface area contributed by atoms with Gasteiger partial charge in [-0.1, -0.05) is 37.3 Å². The summed E-state index contributed by atoms with van der Waals surface area (Å²) in [6, 6.07) is 13.0. The molecule has 0 saturated heterocycles. The molecule has 1 heterocycles. The van der Waals surface area contributed by atoms with Crippen LogP contribution in [0.4, 0.5) is 5.69 Å². The Morgan fingerprint density at radius 3 is 2.60 bits per heavy atom. The second-order valence-electron chi connectivity index (χ2n) is 6.54. The molecule has 0 aliphatic carbocycles. The molecule has 2 aromatic rings. The van der Waals surface area contributed by atoms with Crippen LogP contribution in [-0.2, 0) is 9.78 Å². The lowest BCUT2D eigenvalue weighted by Gasteiger charge is -2.05. The molecule has 0 unspecified atom stereocenters. The van der Waals surface area contributed by atoms with Gasteiger partial charge in [-0.05, 0) is 36.6 Å². The third-order valence-corrected chi connectivity index (χ3v) is 4.90. The Morgan fingerprint density at radius 2 is 1.76 bits per heavy atom.